The second-order valence-corrected chi connectivity index (χ2v) is 6.54. The Morgan fingerprint density at radius 1 is 1.09 bits per heavy atom. The molecule has 2 N–H and O–H groups in total. The predicted molar refractivity (Wildman–Crippen MR) is 86.0 cm³/mol. The Hall–Kier alpha value is -1.39. The number of morpholine rings is 1. The van der Waals surface area contributed by atoms with Crippen molar-refractivity contribution in [1.29, 1.82) is 0 Å². The van der Waals surface area contributed by atoms with Gasteiger partial charge in [0.2, 0.25) is 0 Å². The first-order chi connectivity index (χ1) is 10.8. The van der Waals surface area contributed by atoms with Crippen LogP contribution in [0.4, 0.5) is 0 Å². The first-order valence-electron chi connectivity index (χ1n) is 8.62. The fourth-order valence-corrected chi connectivity index (χ4v) is 3.42. The summed E-state index contributed by atoms with van der Waals surface area (Å²) in [6, 6.07) is 8.50. The molecule has 1 saturated heterocycles. The van der Waals surface area contributed by atoms with E-state index in [-0.39, 0.29) is 5.91 Å². The number of quaternary nitrogens is 1. The molecular formula is C18H27N2O2+. The van der Waals surface area contributed by atoms with E-state index in [4.69, 9.17) is 4.74 Å². The summed E-state index contributed by atoms with van der Waals surface area (Å²) >= 11 is 0. The molecule has 1 heterocycles. The fraction of sp³-hybridized carbons (Fsp3) is 0.611. The van der Waals surface area contributed by atoms with Crippen LogP contribution in [0.1, 0.15) is 48.0 Å². The smallest absolute Gasteiger partial charge is 0.251 e. The molecule has 1 saturated carbocycles. The lowest BCUT2D eigenvalue weighted by molar-refractivity contribution is -0.921. The zero-order valence-electron chi connectivity index (χ0n) is 13.3. The van der Waals surface area contributed by atoms with Gasteiger partial charge >= 0.3 is 0 Å². The third-order valence-electron chi connectivity index (χ3n) is 4.81. The standard InChI is InChI=1S/C18H26N2O2/c21-18(19-17-4-2-1-3-5-17)16-8-6-15(7-9-16)14-20-10-12-22-13-11-20/h6-9,17H,1-5,10-14H2,(H,19,21)/p+1. The molecule has 1 amide bonds. The number of amides is 1. The SMILES string of the molecule is O=C(NC1CCCCC1)c1ccc(C[NH+]2CCOCC2)cc1. The Morgan fingerprint density at radius 2 is 1.77 bits per heavy atom. The molecule has 1 aliphatic heterocycles. The molecule has 120 valence electrons. The van der Waals surface area contributed by atoms with Gasteiger partial charge in [0, 0.05) is 17.2 Å². The summed E-state index contributed by atoms with van der Waals surface area (Å²) in [6.07, 6.45) is 6.05. The van der Waals surface area contributed by atoms with Crippen molar-refractivity contribution in [2.45, 2.75) is 44.7 Å². The molecule has 4 nitrogen and oxygen atoms in total. The normalized spacial score (nSPS) is 20.7. The van der Waals surface area contributed by atoms with E-state index in [0.717, 1.165) is 51.3 Å². The van der Waals surface area contributed by atoms with Crippen molar-refractivity contribution < 1.29 is 14.4 Å². The average Bonchev–Trinajstić information content (AvgIpc) is 2.57. The van der Waals surface area contributed by atoms with Crippen LogP contribution in [0.2, 0.25) is 0 Å². The number of hydrogen-bond acceptors (Lipinski definition) is 2. The van der Waals surface area contributed by atoms with Gasteiger partial charge in [0.05, 0.1) is 13.2 Å². The highest BCUT2D eigenvalue weighted by Gasteiger charge is 2.17. The topological polar surface area (TPSA) is 42.8 Å². The van der Waals surface area contributed by atoms with Crippen LogP contribution in [0.3, 0.4) is 0 Å². The molecule has 1 aromatic carbocycles. The Labute approximate surface area is 132 Å². The van der Waals surface area contributed by atoms with E-state index in [2.05, 4.69) is 17.4 Å². The summed E-state index contributed by atoms with van der Waals surface area (Å²) < 4.78 is 5.39. The lowest BCUT2D eigenvalue weighted by Crippen LogP contribution is -3.12. The summed E-state index contributed by atoms with van der Waals surface area (Å²) in [5, 5.41) is 3.18. The van der Waals surface area contributed by atoms with Crippen LogP contribution < -0.4 is 10.2 Å². The highest BCUT2D eigenvalue weighted by Crippen LogP contribution is 2.17. The quantitative estimate of drug-likeness (QED) is 0.877. The minimum absolute atomic E-state index is 0.0807. The van der Waals surface area contributed by atoms with Crippen LogP contribution in [-0.2, 0) is 11.3 Å². The van der Waals surface area contributed by atoms with Gasteiger partial charge in [-0.3, -0.25) is 4.79 Å². The van der Waals surface area contributed by atoms with Crippen LogP contribution in [0.5, 0.6) is 0 Å². The maximum absolute atomic E-state index is 12.3. The van der Waals surface area contributed by atoms with Gasteiger partial charge in [-0.25, -0.2) is 0 Å². The third kappa shape index (κ3) is 4.31. The predicted octanol–water partition coefficient (Wildman–Crippen LogP) is 1.16. The number of benzene rings is 1. The Bertz CT molecular complexity index is 474. The van der Waals surface area contributed by atoms with E-state index in [0.29, 0.717) is 6.04 Å². The lowest BCUT2D eigenvalue weighted by atomic mass is 9.95. The van der Waals surface area contributed by atoms with Crippen molar-refractivity contribution >= 4 is 5.91 Å². The largest absolute Gasteiger partial charge is 0.370 e. The highest BCUT2D eigenvalue weighted by molar-refractivity contribution is 5.94. The van der Waals surface area contributed by atoms with E-state index in [1.165, 1.54) is 24.8 Å². The monoisotopic (exact) mass is 303 g/mol. The number of nitrogens with one attached hydrogen (secondary N) is 2. The van der Waals surface area contributed by atoms with Gasteiger partial charge in [0.1, 0.15) is 19.6 Å². The van der Waals surface area contributed by atoms with E-state index in [9.17, 15) is 4.79 Å². The van der Waals surface area contributed by atoms with Crippen LogP contribution in [0.25, 0.3) is 0 Å². The molecule has 0 unspecified atom stereocenters. The van der Waals surface area contributed by atoms with Gasteiger partial charge in [-0.05, 0) is 25.0 Å². The van der Waals surface area contributed by atoms with Crippen molar-refractivity contribution in [2.24, 2.45) is 0 Å². The molecule has 0 aromatic heterocycles. The van der Waals surface area contributed by atoms with E-state index in [1.807, 2.05) is 12.1 Å². The van der Waals surface area contributed by atoms with Gasteiger partial charge in [-0.2, -0.15) is 0 Å². The van der Waals surface area contributed by atoms with E-state index >= 15 is 0 Å². The zero-order valence-corrected chi connectivity index (χ0v) is 13.3. The summed E-state index contributed by atoms with van der Waals surface area (Å²) in [7, 11) is 0. The Balaban J connectivity index is 1.52. The number of hydrogen-bond donors (Lipinski definition) is 2. The molecule has 0 radical (unpaired) electrons. The number of rotatable bonds is 4. The molecule has 22 heavy (non-hydrogen) atoms. The molecule has 2 aliphatic rings. The van der Waals surface area contributed by atoms with Gasteiger partial charge in [-0.1, -0.05) is 31.4 Å². The minimum Gasteiger partial charge on any atom is -0.370 e. The summed E-state index contributed by atoms with van der Waals surface area (Å²) in [6.45, 7) is 4.89. The molecule has 0 bridgehead atoms. The van der Waals surface area contributed by atoms with Crippen molar-refractivity contribution in [3.63, 3.8) is 0 Å². The lowest BCUT2D eigenvalue weighted by Gasteiger charge is -2.24. The maximum atomic E-state index is 12.3. The van der Waals surface area contributed by atoms with Crippen molar-refractivity contribution in [3.05, 3.63) is 35.4 Å². The molecular weight excluding hydrogens is 276 g/mol. The number of carbonyl (C=O) groups excluding carboxylic acids is 1. The van der Waals surface area contributed by atoms with Crippen molar-refractivity contribution in [1.82, 2.24) is 5.32 Å². The van der Waals surface area contributed by atoms with Gasteiger partial charge < -0.3 is 15.0 Å². The number of ether oxygens (including phenoxy) is 1. The molecule has 0 spiro atoms. The molecule has 1 aromatic rings. The van der Waals surface area contributed by atoms with Crippen LogP contribution in [0.15, 0.2) is 24.3 Å². The molecule has 2 fully saturated rings. The first-order valence-corrected chi connectivity index (χ1v) is 8.62. The summed E-state index contributed by atoms with van der Waals surface area (Å²) in [5.74, 6) is 0.0807. The first kappa shape index (κ1) is 15.5. The van der Waals surface area contributed by atoms with Gasteiger partial charge in [-0.15, -0.1) is 0 Å². The minimum atomic E-state index is 0.0807. The summed E-state index contributed by atoms with van der Waals surface area (Å²) in [5.41, 5.74) is 2.08. The fourth-order valence-electron chi connectivity index (χ4n) is 3.42. The third-order valence-corrected chi connectivity index (χ3v) is 4.81. The highest BCUT2D eigenvalue weighted by atomic mass is 16.5. The van der Waals surface area contributed by atoms with Crippen molar-refractivity contribution in [2.75, 3.05) is 26.3 Å². The maximum Gasteiger partial charge on any atom is 0.251 e. The average molecular weight is 303 g/mol. The van der Waals surface area contributed by atoms with Crippen LogP contribution in [0, 0.1) is 0 Å². The Morgan fingerprint density at radius 3 is 2.45 bits per heavy atom. The zero-order chi connectivity index (χ0) is 15.2. The Kier molecular flexibility index (Phi) is 5.46. The van der Waals surface area contributed by atoms with Crippen LogP contribution in [-0.4, -0.2) is 38.3 Å². The van der Waals surface area contributed by atoms with Crippen molar-refractivity contribution in [3.8, 4) is 0 Å². The number of carbonyl (C=O) groups is 1. The second kappa shape index (κ2) is 7.75. The second-order valence-electron chi connectivity index (χ2n) is 6.54. The molecule has 3 rings (SSSR count). The van der Waals surface area contributed by atoms with Gasteiger partial charge in [0.25, 0.3) is 5.91 Å². The van der Waals surface area contributed by atoms with Gasteiger partial charge in [0.15, 0.2) is 0 Å². The molecule has 1 aliphatic carbocycles. The summed E-state index contributed by atoms with van der Waals surface area (Å²) in [4.78, 5) is 13.8. The molecule has 4 heteroatoms. The van der Waals surface area contributed by atoms with Crippen LogP contribution >= 0.6 is 0 Å². The van der Waals surface area contributed by atoms with E-state index in [1.54, 1.807) is 4.90 Å². The molecule has 0 atom stereocenters. The van der Waals surface area contributed by atoms with E-state index < -0.39 is 0 Å².